The minimum atomic E-state index is -4.73. The molecule has 0 aliphatic heterocycles. The lowest BCUT2D eigenvalue weighted by Gasteiger charge is -2.19. The lowest BCUT2D eigenvalue weighted by molar-refractivity contribution is -0.144. The second-order valence-electron chi connectivity index (χ2n) is 5.58. The fourth-order valence-corrected chi connectivity index (χ4v) is 3.23. The van der Waals surface area contributed by atoms with Gasteiger partial charge in [0.25, 0.3) is 5.91 Å². The van der Waals surface area contributed by atoms with Gasteiger partial charge in [0, 0.05) is 29.7 Å². The van der Waals surface area contributed by atoms with Crippen LogP contribution in [-0.4, -0.2) is 34.4 Å². The number of hydrogen-bond donors (Lipinski definition) is 1. The van der Waals surface area contributed by atoms with Gasteiger partial charge in [0.15, 0.2) is 0 Å². The average Bonchev–Trinajstić information content (AvgIpc) is 2.97. The second kappa shape index (κ2) is 8.38. The molecule has 0 atom stereocenters. The zero-order valence-corrected chi connectivity index (χ0v) is 15.5. The maximum absolute atomic E-state index is 12.9. The highest BCUT2D eigenvalue weighted by atomic mass is 32.1. The molecule has 1 heterocycles. The van der Waals surface area contributed by atoms with Crippen molar-refractivity contribution in [3.63, 3.8) is 0 Å². The number of alkyl halides is 3. The SMILES string of the molecule is CCN(CC)C(=O)c1cccc(NC(=O)Cn2c(C(F)(F)F)csc2=O)c1. The van der Waals surface area contributed by atoms with Crippen molar-refractivity contribution in [1.82, 2.24) is 9.47 Å². The quantitative estimate of drug-likeness (QED) is 0.809. The molecule has 27 heavy (non-hydrogen) atoms. The van der Waals surface area contributed by atoms with E-state index < -0.39 is 29.2 Å². The van der Waals surface area contributed by atoms with Crippen LogP contribution in [0.5, 0.6) is 0 Å². The smallest absolute Gasteiger partial charge is 0.339 e. The van der Waals surface area contributed by atoms with Crippen molar-refractivity contribution in [3.8, 4) is 0 Å². The lowest BCUT2D eigenvalue weighted by atomic mass is 10.1. The molecular weight excluding hydrogens is 383 g/mol. The Kier molecular flexibility index (Phi) is 6.42. The second-order valence-corrected chi connectivity index (χ2v) is 6.40. The molecule has 0 saturated carbocycles. The van der Waals surface area contributed by atoms with Crippen LogP contribution >= 0.6 is 11.3 Å². The zero-order chi connectivity index (χ0) is 20.2. The Morgan fingerprint density at radius 2 is 1.89 bits per heavy atom. The van der Waals surface area contributed by atoms with Crippen LogP contribution in [0.4, 0.5) is 18.9 Å². The number of carbonyl (C=O) groups is 2. The third-order valence-corrected chi connectivity index (χ3v) is 4.58. The van der Waals surface area contributed by atoms with E-state index in [-0.39, 0.29) is 11.6 Å². The van der Waals surface area contributed by atoms with Gasteiger partial charge in [-0.05, 0) is 32.0 Å². The molecule has 1 N–H and O–H groups in total. The molecule has 0 bridgehead atoms. The largest absolute Gasteiger partial charge is 0.432 e. The zero-order valence-electron chi connectivity index (χ0n) is 14.7. The molecule has 2 rings (SSSR count). The maximum Gasteiger partial charge on any atom is 0.432 e. The number of nitrogens with zero attached hydrogens (tertiary/aromatic N) is 2. The fourth-order valence-electron chi connectivity index (χ4n) is 2.47. The minimum Gasteiger partial charge on any atom is -0.339 e. The number of nitrogens with one attached hydrogen (secondary N) is 1. The molecule has 6 nitrogen and oxygen atoms in total. The first-order chi connectivity index (χ1) is 12.7. The van der Waals surface area contributed by atoms with Gasteiger partial charge < -0.3 is 10.2 Å². The van der Waals surface area contributed by atoms with E-state index in [0.29, 0.717) is 39.9 Å². The molecule has 146 valence electrons. The fraction of sp³-hybridized carbons (Fsp3) is 0.353. The molecule has 0 aliphatic rings. The summed E-state index contributed by atoms with van der Waals surface area (Å²) in [7, 11) is 0. The predicted molar refractivity (Wildman–Crippen MR) is 95.9 cm³/mol. The molecule has 0 unspecified atom stereocenters. The first-order valence-corrected chi connectivity index (χ1v) is 9.00. The Hall–Kier alpha value is -2.62. The number of halogens is 3. The van der Waals surface area contributed by atoms with Crippen molar-refractivity contribution in [3.05, 3.63) is 50.6 Å². The highest BCUT2D eigenvalue weighted by molar-refractivity contribution is 7.07. The molecule has 10 heteroatoms. The molecule has 0 aliphatic carbocycles. The van der Waals surface area contributed by atoms with E-state index in [1.807, 2.05) is 13.8 Å². The van der Waals surface area contributed by atoms with Crippen LogP contribution in [-0.2, 0) is 17.5 Å². The Labute approximate surface area is 157 Å². The Bertz CT molecular complexity index is 885. The van der Waals surface area contributed by atoms with Crippen molar-refractivity contribution in [2.45, 2.75) is 26.6 Å². The van der Waals surface area contributed by atoms with Crippen LogP contribution < -0.4 is 10.2 Å². The number of aromatic nitrogens is 1. The Morgan fingerprint density at radius 1 is 1.22 bits per heavy atom. The van der Waals surface area contributed by atoms with Gasteiger partial charge in [-0.3, -0.25) is 19.0 Å². The van der Waals surface area contributed by atoms with Crippen LogP contribution in [0.25, 0.3) is 0 Å². The van der Waals surface area contributed by atoms with E-state index >= 15 is 0 Å². The number of rotatable bonds is 6. The predicted octanol–water partition coefficient (Wildman–Crippen LogP) is 3.05. The molecule has 0 spiro atoms. The van der Waals surface area contributed by atoms with Crippen molar-refractivity contribution in [2.75, 3.05) is 18.4 Å². The highest BCUT2D eigenvalue weighted by Gasteiger charge is 2.36. The number of hydrogen-bond acceptors (Lipinski definition) is 4. The monoisotopic (exact) mass is 401 g/mol. The van der Waals surface area contributed by atoms with E-state index in [2.05, 4.69) is 5.32 Å². The first-order valence-electron chi connectivity index (χ1n) is 8.12. The summed E-state index contributed by atoms with van der Waals surface area (Å²) in [5, 5.41) is 3.10. The summed E-state index contributed by atoms with van der Waals surface area (Å²) < 4.78 is 39.1. The topological polar surface area (TPSA) is 71.4 Å². The van der Waals surface area contributed by atoms with Gasteiger partial charge in [0.1, 0.15) is 12.2 Å². The number of benzene rings is 1. The van der Waals surface area contributed by atoms with Gasteiger partial charge in [-0.1, -0.05) is 17.4 Å². The van der Waals surface area contributed by atoms with E-state index in [1.165, 1.54) is 12.1 Å². The van der Waals surface area contributed by atoms with Gasteiger partial charge in [0.2, 0.25) is 5.91 Å². The van der Waals surface area contributed by atoms with E-state index in [1.54, 1.807) is 17.0 Å². The Balaban J connectivity index is 2.16. The standard InChI is InChI=1S/C17H18F3N3O3S/c1-3-22(4-2)15(25)11-6-5-7-12(8-11)21-14(24)9-23-13(17(18,19)20)10-27-16(23)26/h5-8,10H,3-4,9H2,1-2H3,(H,21,24). The molecule has 0 fully saturated rings. The summed E-state index contributed by atoms with van der Waals surface area (Å²) in [5.41, 5.74) is -0.562. The Morgan fingerprint density at radius 3 is 2.48 bits per heavy atom. The summed E-state index contributed by atoms with van der Waals surface area (Å²) in [5.74, 6) is -1.02. The van der Waals surface area contributed by atoms with E-state index in [4.69, 9.17) is 0 Å². The molecule has 0 saturated heterocycles. The summed E-state index contributed by atoms with van der Waals surface area (Å²) >= 11 is 0.378. The third kappa shape index (κ3) is 4.97. The van der Waals surface area contributed by atoms with Crippen LogP contribution in [0, 0.1) is 0 Å². The van der Waals surface area contributed by atoms with E-state index in [9.17, 15) is 27.6 Å². The first kappa shape index (κ1) is 20.7. The molecular formula is C17H18F3N3O3S. The van der Waals surface area contributed by atoms with Crippen LogP contribution in [0.2, 0.25) is 0 Å². The number of amides is 2. The number of anilines is 1. The highest BCUT2D eigenvalue weighted by Crippen LogP contribution is 2.29. The van der Waals surface area contributed by atoms with Crippen molar-refractivity contribution in [2.24, 2.45) is 0 Å². The molecule has 0 radical (unpaired) electrons. The summed E-state index contributed by atoms with van der Waals surface area (Å²) in [6, 6.07) is 6.10. The van der Waals surface area contributed by atoms with Crippen molar-refractivity contribution >= 4 is 28.8 Å². The van der Waals surface area contributed by atoms with Gasteiger partial charge >= 0.3 is 11.0 Å². The van der Waals surface area contributed by atoms with Crippen LogP contribution in [0.1, 0.15) is 29.9 Å². The normalized spacial score (nSPS) is 11.3. The number of thiazole rings is 1. The maximum atomic E-state index is 12.9. The molecule has 1 aromatic heterocycles. The van der Waals surface area contributed by atoms with Gasteiger partial charge in [-0.2, -0.15) is 13.2 Å². The lowest BCUT2D eigenvalue weighted by Crippen LogP contribution is -2.30. The summed E-state index contributed by atoms with van der Waals surface area (Å²) in [6.45, 7) is 3.94. The van der Waals surface area contributed by atoms with Crippen molar-refractivity contribution in [1.29, 1.82) is 0 Å². The third-order valence-electron chi connectivity index (χ3n) is 3.82. The number of carbonyl (C=O) groups excluding carboxylic acids is 2. The van der Waals surface area contributed by atoms with Crippen LogP contribution in [0.15, 0.2) is 34.4 Å². The molecule has 1 aromatic carbocycles. The average molecular weight is 401 g/mol. The van der Waals surface area contributed by atoms with Gasteiger partial charge in [0.05, 0.1) is 0 Å². The minimum absolute atomic E-state index is 0.218. The molecule has 2 amide bonds. The van der Waals surface area contributed by atoms with Gasteiger partial charge in [-0.15, -0.1) is 0 Å². The van der Waals surface area contributed by atoms with Gasteiger partial charge in [-0.25, -0.2) is 0 Å². The molecule has 2 aromatic rings. The summed E-state index contributed by atoms with van der Waals surface area (Å²) in [6.07, 6.45) is -4.73. The van der Waals surface area contributed by atoms with Crippen molar-refractivity contribution < 1.29 is 22.8 Å². The van der Waals surface area contributed by atoms with Crippen LogP contribution in [0.3, 0.4) is 0 Å². The van der Waals surface area contributed by atoms with E-state index in [0.717, 1.165) is 0 Å². The summed E-state index contributed by atoms with van der Waals surface area (Å²) in [4.78, 5) is 36.8.